The maximum atomic E-state index is 12.6. The van der Waals surface area contributed by atoms with Crippen LogP contribution in [-0.2, 0) is 4.79 Å². The first-order valence-electron chi connectivity index (χ1n) is 10.0. The maximum Gasteiger partial charge on any atom is 0.346 e. The molecule has 0 aliphatic carbocycles. The molecule has 2 aromatic carbocycles. The molecule has 0 bridgehead atoms. The number of carbonyl (C=O) groups excluding carboxylic acids is 1. The lowest BCUT2D eigenvalue weighted by atomic mass is 9.88. The van der Waals surface area contributed by atoms with E-state index in [9.17, 15) is 14.7 Å². The zero-order chi connectivity index (χ0) is 22.1. The van der Waals surface area contributed by atoms with E-state index >= 15 is 0 Å². The summed E-state index contributed by atoms with van der Waals surface area (Å²) in [7, 11) is 1.57. The number of hydrogen-bond acceptors (Lipinski definition) is 5. The van der Waals surface area contributed by atoms with Crippen LogP contribution in [0.25, 0.3) is 11.1 Å². The maximum absolute atomic E-state index is 12.6. The second-order valence-corrected chi connectivity index (χ2v) is 8.42. The number of aromatic carboxylic acids is 1. The molecule has 4 rings (SSSR count). The molecule has 1 amide bonds. The van der Waals surface area contributed by atoms with Crippen molar-refractivity contribution in [1.29, 1.82) is 0 Å². The Kier molecular flexibility index (Phi) is 5.69. The van der Waals surface area contributed by atoms with Gasteiger partial charge in [0.25, 0.3) is 0 Å². The Balaban J connectivity index is 1.87. The Bertz CT molecular complexity index is 1150. The van der Waals surface area contributed by atoms with Crippen LogP contribution in [0.5, 0.6) is 11.5 Å². The van der Waals surface area contributed by atoms with Crippen molar-refractivity contribution in [2.24, 2.45) is 0 Å². The Labute approximate surface area is 184 Å². The van der Waals surface area contributed by atoms with Gasteiger partial charge in [-0.1, -0.05) is 35.9 Å². The predicted octanol–water partition coefficient (Wildman–Crippen LogP) is 5.30. The van der Waals surface area contributed by atoms with Gasteiger partial charge in [-0.15, -0.1) is 11.3 Å². The summed E-state index contributed by atoms with van der Waals surface area (Å²) in [5.74, 6) is -0.205. The van der Waals surface area contributed by atoms with Gasteiger partial charge in [0.15, 0.2) is 11.5 Å². The minimum absolute atomic E-state index is 0.145. The molecule has 1 aromatic heterocycles. The van der Waals surface area contributed by atoms with Crippen LogP contribution in [0.3, 0.4) is 0 Å². The van der Waals surface area contributed by atoms with Crippen molar-refractivity contribution in [3.05, 3.63) is 63.3 Å². The SMILES string of the molecule is CCOc1ccc([C@H]2CC(=O)Nc3c2sc(C(=O)O)c3-c2ccc(C)cc2)cc1OC. The highest BCUT2D eigenvalue weighted by molar-refractivity contribution is 7.15. The van der Waals surface area contributed by atoms with E-state index in [1.54, 1.807) is 7.11 Å². The molecule has 1 aliphatic rings. The van der Waals surface area contributed by atoms with E-state index in [0.29, 0.717) is 29.4 Å². The van der Waals surface area contributed by atoms with E-state index < -0.39 is 5.97 Å². The Morgan fingerprint density at radius 2 is 1.94 bits per heavy atom. The van der Waals surface area contributed by atoms with E-state index in [4.69, 9.17) is 9.47 Å². The quantitative estimate of drug-likeness (QED) is 0.546. The lowest BCUT2D eigenvalue weighted by Gasteiger charge is -2.24. The largest absolute Gasteiger partial charge is 0.493 e. The number of fused-ring (bicyclic) bond motifs is 1. The van der Waals surface area contributed by atoms with E-state index in [-0.39, 0.29) is 23.1 Å². The normalized spacial score (nSPS) is 15.2. The fourth-order valence-electron chi connectivity index (χ4n) is 3.88. The number of rotatable bonds is 6. The summed E-state index contributed by atoms with van der Waals surface area (Å²) in [6.07, 6.45) is 0.233. The molecule has 31 heavy (non-hydrogen) atoms. The number of ether oxygens (including phenoxy) is 2. The number of carboxylic acid groups (broad SMARTS) is 1. The van der Waals surface area contributed by atoms with Gasteiger partial charge in [-0.25, -0.2) is 4.79 Å². The van der Waals surface area contributed by atoms with Crippen molar-refractivity contribution in [3.8, 4) is 22.6 Å². The molecule has 0 fully saturated rings. The van der Waals surface area contributed by atoms with E-state index in [1.807, 2.05) is 56.3 Å². The lowest BCUT2D eigenvalue weighted by molar-refractivity contribution is -0.116. The molecule has 2 heterocycles. The molecule has 0 unspecified atom stereocenters. The number of nitrogens with one attached hydrogen (secondary N) is 1. The van der Waals surface area contributed by atoms with Crippen LogP contribution >= 0.6 is 11.3 Å². The minimum Gasteiger partial charge on any atom is -0.493 e. The molecular formula is C24H23NO5S. The summed E-state index contributed by atoms with van der Waals surface area (Å²) in [5.41, 5.74) is 3.87. The zero-order valence-corrected chi connectivity index (χ0v) is 18.3. The van der Waals surface area contributed by atoms with Crippen LogP contribution < -0.4 is 14.8 Å². The van der Waals surface area contributed by atoms with Crippen LogP contribution in [0.4, 0.5) is 5.69 Å². The molecule has 2 N–H and O–H groups in total. The van der Waals surface area contributed by atoms with Gasteiger partial charge in [-0.05, 0) is 37.1 Å². The fourth-order valence-corrected chi connectivity index (χ4v) is 5.12. The van der Waals surface area contributed by atoms with Crippen molar-refractivity contribution in [3.63, 3.8) is 0 Å². The summed E-state index contributed by atoms with van der Waals surface area (Å²) in [6.45, 7) is 4.39. The monoisotopic (exact) mass is 437 g/mol. The number of benzene rings is 2. The number of aryl methyl sites for hydroxylation is 1. The summed E-state index contributed by atoms with van der Waals surface area (Å²) in [6, 6.07) is 13.3. The third-order valence-corrected chi connectivity index (χ3v) is 6.62. The molecule has 160 valence electrons. The summed E-state index contributed by atoms with van der Waals surface area (Å²) in [5, 5.41) is 12.8. The summed E-state index contributed by atoms with van der Waals surface area (Å²) >= 11 is 1.22. The average molecular weight is 438 g/mol. The smallest absolute Gasteiger partial charge is 0.346 e. The van der Waals surface area contributed by atoms with Crippen LogP contribution in [-0.4, -0.2) is 30.7 Å². The van der Waals surface area contributed by atoms with E-state index in [1.165, 1.54) is 11.3 Å². The Morgan fingerprint density at radius 3 is 2.58 bits per heavy atom. The van der Waals surface area contributed by atoms with Crippen LogP contribution in [0.2, 0.25) is 0 Å². The molecule has 6 nitrogen and oxygen atoms in total. The molecule has 0 saturated carbocycles. The summed E-state index contributed by atoms with van der Waals surface area (Å²) in [4.78, 5) is 25.8. The van der Waals surface area contributed by atoms with Gasteiger partial charge in [-0.3, -0.25) is 4.79 Å². The van der Waals surface area contributed by atoms with E-state index in [0.717, 1.165) is 21.6 Å². The van der Waals surface area contributed by atoms with Crippen molar-refractivity contribution in [2.75, 3.05) is 19.0 Å². The van der Waals surface area contributed by atoms with Crippen LogP contribution in [0, 0.1) is 6.92 Å². The second-order valence-electron chi connectivity index (χ2n) is 7.36. The number of carbonyl (C=O) groups is 2. The standard InChI is InChI=1S/C24H23NO5S/c1-4-30-17-10-9-15(11-18(17)29-3)16-12-19(26)25-21-20(14-7-5-13(2)6-8-14)23(24(27)28)31-22(16)21/h5-11,16H,4,12H2,1-3H3,(H,25,26)(H,27,28)/t16-/m1/s1. The minimum atomic E-state index is -1.01. The molecule has 3 aromatic rings. The molecule has 0 spiro atoms. The number of amides is 1. The first-order valence-corrected chi connectivity index (χ1v) is 10.8. The summed E-state index contributed by atoms with van der Waals surface area (Å²) < 4.78 is 11.1. The molecule has 1 atom stereocenters. The van der Waals surface area contributed by atoms with Gasteiger partial charge >= 0.3 is 5.97 Å². The second kappa shape index (κ2) is 8.43. The Hall–Kier alpha value is -3.32. The lowest BCUT2D eigenvalue weighted by Crippen LogP contribution is -2.22. The van der Waals surface area contributed by atoms with Gasteiger partial charge in [0.1, 0.15) is 4.88 Å². The first-order chi connectivity index (χ1) is 14.9. The van der Waals surface area contributed by atoms with E-state index in [2.05, 4.69) is 5.32 Å². The number of carboxylic acids is 1. The Morgan fingerprint density at radius 1 is 1.19 bits per heavy atom. The number of methoxy groups -OCH3 is 1. The third-order valence-electron chi connectivity index (χ3n) is 5.33. The van der Waals surface area contributed by atoms with Crippen LogP contribution in [0.1, 0.15) is 44.9 Å². The fraction of sp³-hybridized carbons (Fsp3) is 0.250. The van der Waals surface area contributed by atoms with Crippen molar-refractivity contribution >= 4 is 28.9 Å². The number of anilines is 1. The van der Waals surface area contributed by atoms with Gasteiger partial charge < -0.3 is 19.9 Å². The van der Waals surface area contributed by atoms with Gasteiger partial charge in [0.2, 0.25) is 5.91 Å². The average Bonchev–Trinajstić information content (AvgIpc) is 3.14. The highest BCUT2D eigenvalue weighted by Gasteiger charge is 2.34. The number of hydrogen-bond donors (Lipinski definition) is 2. The highest BCUT2D eigenvalue weighted by atomic mass is 32.1. The van der Waals surface area contributed by atoms with Crippen molar-refractivity contribution in [1.82, 2.24) is 0 Å². The molecule has 0 radical (unpaired) electrons. The van der Waals surface area contributed by atoms with Crippen LogP contribution in [0.15, 0.2) is 42.5 Å². The number of thiophene rings is 1. The first kappa shape index (κ1) is 20.9. The molecule has 1 aliphatic heterocycles. The molecule has 7 heteroatoms. The highest BCUT2D eigenvalue weighted by Crippen LogP contribution is 2.50. The van der Waals surface area contributed by atoms with Gasteiger partial charge in [-0.2, -0.15) is 0 Å². The zero-order valence-electron chi connectivity index (χ0n) is 17.5. The molecular weight excluding hydrogens is 414 g/mol. The van der Waals surface area contributed by atoms with Crippen molar-refractivity contribution < 1.29 is 24.2 Å². The van der Waals surface area contributed by atoms with Gasteiger partial charge in [0, 0.05) is 22.8 Å². The third kappa shape index (κ3) is 3.88. The van der Waals surface area contributed by atoms with Crippen molar-refractivity contribution in [2.45, 2.75) is 26.2 Å². The molecule has 0 saturated heterocycles. The van der Waals surface area contributed by atoms with Gasteiger partial charge in [0.05, 0.1) is 19.4 Å². The topological polar surface area (TPSA) is 84.9 Å². The predicted molar refractivity (Wildman–Crippen MR) is 121 cm³/mol.